The Hall–Kier alpha value is -1.90. The van der Waals surface area contributed by atoms with Crippen LogP contribution in [-0.2, 0) is 4.79 Å². The van der Waals surface area contributed by atoms with Gasteiger partial charge in [0.1, 0.15) is 0 Å². The van der Waals surface area contributed by atoms with E-state index in [0.717, 1.165) is 55.5 Å². The summed E-state index contributed by atoms with van der Waals surface area (Å²) in [5.74, 6) is 0.391. The molecule has 2 saturated heterocycles. The van der Waals surface area contributed by atoms with Crippen molar-refractivity contribution in [2.24, 2.45) is 5.92 Å². The number of rotatable bonds is 4. The molecule has 2 unspecified atom stereocenters. The second-order valence-electron chi connectivity index (χ2n) is 8.01. The Morgan fingerprint density at radius 3 is 2.77 bits per heavy atom. The molecule has 0 saturated carbocycles. The van der Waals surface area contributed by atoms with Gasteiger partial charge in [0.2, 0.25) is 5.91 Å². The van der Waals surface area contributed by atoms with Gasteiger partial charge in [-0.1, -0.05) is 0 Å². The summed E-state index contributed by atoms with van der Waals surface area (Å²) in [7, 11) is 0. The number of hydrogen-bond donors (Lipinski definition) is 3. The number of likely N-dealkylation sites (tertiary alicyclic amines) is 1. The number of carbonyl (C=O) groups is 2. The highest BCUT2D eigenvalue weighted by Crippen LogP contribution is 2.24. The fourth-order valence-electron chi connectivity index (χ4n) is 4.33. The minimum absolute atomic E-state index is 0. The number of pyridine rings is 1. The number of aromatic amines is 1. The first-order chi connectivity index (χ1) is 13.5. The fraction of sp³-hybridized carbons (Fsp3) is 0.600. The molecule has 8 nitrogen and oxygen atoms in total. The summed E-state index contributed by atoms with van der Waals surface area (Å²) in [5.41, 5.74) is 2.89. The Bertz CT molecular complexity index is 897. The normalized spacial score (nSPS) is 21.1. The van der Waals surface area contributed by atoms with Crippen molar-refractivity contribution in [1.82, 2.24) is 30.7 Å². The zero-order chi connectivity index (χ0) is 19.7. The van der Waals surface area contributed by atoms with Crippen molar-refractivity contribution < 1.29 is 9.59 Å². The number of amides is 2. The van der Waals surface area contributed by atoms with E-state index in [4.69, 9.17) is 0 Å². The second kappa shape index (κ2) is 10.4. The lowest BCUT2D eigenvalue weighted by atomic mass is 9.96. The van der Waals surface area contributed by atoms with Gasteiger partial charge in [0.15, 0.2) is 5.65 Å². The second-order valence-corrected chi connectivity index (χ2v) is 8.01. The van der Waals surface area contributed by atoms with Crippen LogP contribution in [-0.4, -0.2) is 64.1 Å². The summed E-state index contributed by atoms with van der Waals surface area (Å²) < 4.78 is 0. The van der Waals surface area contributed by atoms with Gasteiger partial charge in [0.25, 0.3) is 5.91 Å². The zero-order valence-corrected chi connectivity index (χ0v) is 19.0. The van der Waals surface area contributed by atoms with Crippen LogP contribution in [0.15, 0.2) is 6.07 Å². The van der Waals surface area contributed by atoms with E-state index in [2.05, 4.69) is 25.8 Å². The molecule has 10 heteroatoms. The molecule has 30 heavy (non-hydrogen) atoms. The molecule has 3 N–H and O–H groups in total. The SMILES string of the molecule is Cc1cc(C(=O)N2CCCC(CNC(=O)C3CCCN3)C2)c2c(C)[nH]nc2n1.Cl.Cl. The van der Waals surface area contributed by atoms with Crippen LogP contribution in [0.25, 0.3) is 11.0 Å². The molecule has 0 spiro atoms. The van der Waals surface area contributed by atoms with Crippen LogP contribution < -0.4 is 10.6 Å². The Morgan fingerprint density at radius 1 is 1.23 bits per heavy atom. The first-order valence-corrected chi connectivity index (χ1v) is 10.2. The molecule has 2 aliphatic rings. The van der Waals surface area contributed by atoms with Gasteiger partial charge < -0.3 is 15.5 Å². The molecule has 2 aromatic heterocycles. The molecule has 0 bridgehead atoms. The van der Waals surface area contributed by atoms with Gasteiger partial charge in [0, 0.05) is 31.0 Å². The minimum Gasteiger partial charge on any atom is -0.354 e. The lowest BCUT2D eigenvalue weighted by molar-refractivity contribution is -0.123. The smallest absolute Gasteiger partial charge is 0.254 e. The number of carbonyl (C=O) groups excluding carboxylic acids is 2. The summed E-state index contributed by atoms with van der Waals surface area (Å²) in [6.45, 7) is 6.73. The molecule has 4 rings (SSSR count). The van der Waals surface area contributed by atoms with Gasteiger partial charge in [-0.2, -0.15) is 5.10 Å². The highest BCUT2D eigenvalue weighted by atomic mass is 35.5. The van der Waals surface area contributed by atoms with Crippen molar-refractivity contribution in [2.75, 3.05) is 26.2 Å². The number of nitrogens with one attached hydrogen (secondary N) is 3. The third-order valence-electron chi connectivity index (χ3n) is 5.81. The van der Waals surface area contributed by atoms with Crippen LogP contribution in [0.2, 0.25) is 0 Å². The van der Waals surface area contributed by atoms with E-state index in [1.807, 2.05) is 24.8 Å². The number of aryl methyl sites for hydroxylation is 2. The quantitative estimate of drug-likeness (QED) is 0.653. The monoisotopic (exact) mass is 456 g/mol. The number of piperidine rings is 1. The number of halogens is 2. The Labute approximate surface area is 188 Å². The molecule has 0 aliphatic carbocycles. The van der Waals surface area contributed by atoms with Gasteiger partial charge in [0.05, 0.1) is 17.0 Å². The van der Waals surface area contributed by atoms with Crippen molar-refractivity contribution in [2.45, 2.75) is 45.6 Å². The van der Waals surface area contributed by atoms with Crippen LogP contribution in [0.1, 0.15) is 47.4 Å². The predicted molar refractivity (Wildman–Crippen MR) is 121 cm³/mol. The zero-order valence-electron chi connectivity index (χ0n) is 17.4. The maximum atomic E-state index is 13.3. The maximum absolute atomic E-state index is 13.3. The van der Waals surface area contributed by atoms with E-state index >= 15 is 0 Å². The molecule has 0 aromatic carbocycles. The van der Waals surface area contributed by atoms with Crippen molar-refractivity contribution in [1.29, 1.82) is 0 Å². The Balaban J connectivity index is 0.00000160. The van der Waals surface area contributed by atoms with Gasteiger partial charge in [-0.05, 0) is 58.1 Å². The molecular formula is C20H30Cl2N6O2. The summed E-state index contributed by atoms with van der Waals surface area (Å²) in [4.78, 5) is 31.8. The van der Waals surface area contributed by atoms with Gasteiger partial charge >= 0.3 is 0 Å². The van der Waals surface area contributed by atoms with Crippen molar-refractivity contribution in [3.63, 3.8) is 0 Å². The van der Waals surface area contributed by atoms with Crippen LogP contribution >= 0.6 is 24.8 Å². The van der Waals surface area contributed by atoms with Gasteiger partial charge in [-0.25, -0.2) is 4.98 Å². The number of aromatic nitrogens is 3. The number of H-pyrrole nitrogens is 1. The van der Waals surface area contributed by atoms with E-state index in [1.165, 1.54) is 0 Å². The molecule has 2 fully saturated rings. The van der Waals surface area contributed by atoms with E-state index in [9.17, 15) is 9.59 Å². The first-order valence-electron chi connectivity index (χ1n) is 10.2. The first kappa shape index (κ1) is 24.4. The predicted octanol–water partition coefficient (Wildman–Crippen LogP) is 2.14. The minimum atomic E-state index is -0.0570. The molecular weight excluding hydrogens is 427 g/mol. The van der Waals surface area contributed by atoms with E-state index < -0.39 is 0 Å². The summed E-state index contributed by atoms with van der Waals surface area (Å²) in [6, 6.07) is 1.79. The summed E-state index contributed by atoms with van der Waals surface area (Å²) in [5, 5.41) is 14.2. The van der Waals surface area contributed by atoms with E-state index in [0.29, 0.717) is 24.3 Å². The number of hydrogen-bond acceptors (Lipinski definition) is 5. The molecule has 2 aromatic rings. The molecule has 4 heterocycles. The lowest BCUT2D eigenvalue weighted by Gasteiger charge is -2.33. The molecule has 166 valence electrons. The van der Waals surface area contributed by atoms with Crippen LogP contribution in [0.5, 0.6) is 0 Å². The molecule has 2 aliphatic heterocycles. The fourth-order valence-corrected chi connectivity index (χ4v) is 4.33. The molecule has 0 radical (unpaired) electrons. The van der Waals surface area contributed by atoms with E-state index in [1.54, 1.807) is 0 Å². The third-order valence-corrected chi connectivity index (χ3v) is 5.81. The average molecular weight is 457 g/mol. The Morgan fingerprint density at radius 2 is 2.03 bits per heavy atom. The van der Waals surface area contributed by atoms with Crippen LogP contribution in [0.4, 0.5) is 0 Å². The van der Waals surface area contributed by atoms with Crippen molar-refractivity contribution >= 4 is 47.7 Å². The van der Waals surface area contributed by atoms with Crippen LogP contribution in [0.3, 0.4) is 0 Å². The third kappa shape index (κ3) is 5.04. The van der Waals surface area contributed by atoms with Crippen molar-refractivity contribution in [3.05, 3.63) is 23.0 Å². The lowest BCUT2D eigenvalue weighted by Crippen LogP contribution is -2.46. The van der Waals surface area contributed by atoms with Crippen LogP contribution in [0, 0.1) is 19.8 Å². The van der Waals surface area contributed by atoms with Gasteiger partial charge in [-0.15, -0.1) is 24.8 Å². The molecule has 2 atom stereocenters. The summed E-state index contributed by atoms with van der Waals surface area (Å²) >= 11 is 0. The average Bonchev–Trinajstić information content (AvgIpc) is 3.36. The highest BCUT2D eigenvalue weighted by molar-refractivity contribution is 6.06. The highest BCUT2D eigenvalue weighted by Gasteiger charge is 2.28. The molecule has 2 amide bonds. The van der Waals surface area contributed by atoms with Crippen molar-refractivity contribution in [3.8, 4) is 0 Å². The largest absolute Gasteiger partial charge is 0.354 e. The standard InChI is InChI=1S/C20H28N6O2.2ClH/c1-12-9-15(17-13(2)24-25-18(17)23-12)20(28)26-8-4-5-14(11-26)10-22-19(27)16-6-3-7-21-16;;/h9,14,16,21H,3-8,10-11H2,1-2H3,(H,22,27)(H,23,24,25);2*1H. The van der Waals surface area contributed by atoms with E-state index in [-0.39, 0.29) is 48.6 Å². The summed E-state index contributed by atoms with van der Waals surface area (Å²) in [6.07, 6.45) is 3.93. The maximum Gasteiger partial charge on any atom is 0.254 e. The number of nitrogens with zero attached hydrogens (tertiary/aromatic N) is 3. The number of fused-ring (bicyclic) bond motifs is 1. The Kier molecular flexibility index (Phi) is 8.46. The van der Waals surface area contributed by atoms with Gasteiger partial charge in [-0.3, -0.25) is 14.7 Å². The topological polar surface area (TPSA) is 103 Å².